The molecular weight excluding hydrogens is 461 g/mol. The molecule has 1 aromatic rings. The minimum atomic E-state index is -0.00153. The lowest BCUT2D eigenvalue weighted by Gasteiger charge is -2.54. The number of hydrogen-bond acceptors (Lipinski definition) is 5. The number of aromatic nitrogens is 2. The number of carbonyl (C=O) groups is 1. The van der Waals surface area contributed by atoms with Gasteiger partial charge in [-0.3, -0.25) is 4.79 Å². The lowest BCUT2D eigenvalue weighted by molar-refractivity contribution is -0.0120. The summed E-state index contributed by atoms with van der Waals surface area (Å²) in [5.74, 6) is 3.78. The topological polar surface area (TPSA) is 71.4 Å². The van der Waals surface area contributed by atoms with Gasteiger partial charge in [-0.2, -0.15) is 5.10 Å². The molecule has 9 heteroatoms. The molecule has 4 saturated carbocycles. The van der Waals surface area contributed by atoms with Crippen molar-refractivity contribution in [3.8, 4) is 5.88 Å². The summed E-state index contributed by atoms with van der Waals surface area (Å²) in [5, 5.41) is 11.5. The fourth-order valence-corrected chi connectivity index (χ4v) is 6.79. The molecule has 1 aliphatic heterocycles. The van der Waals surface area contributed by atoms with Crippen molar-refractivity contribution in [1.29, 1.82) is 0 Å². The molecule has 2 N–H and O–H groups in total. The second-order valence-corrected chi connectivity index (χ2v) is 10.6. The van der Waals surface area contributed by atoms with Crippen LogP contribution in [0.5, 0.6) is 5.88 Å². The first-order valence-electron chi connectivity index (χ1n) is 12.5. The van der Waals surface area contributed by atoms with Crippen molar-refractivity contribution in [2.24, 2.45) is 23.7 Å². The highest BCUT2D eigenvalue weighted by Crippen LogP contribution is 2.53. The van der Waals surface area contributed by atoms with E-state index in [9.17, 15) is 4.79 Å². The van der Waals surface area contributed by atoms with E-state index in [4.69, 9.17) is 4.74 Å². The third kappa shape index (κ3) is 5.98. The average molecular weight is 503 g/mol. The first-order valence-corrected chi connectivity index (χ1v) is 12.5. The summed E-state index contributed by atoms with van der Waals surface area (Å²) in [7, 11) is 0. The van der Waals surface area contributed by atoms with Crippen LogP contribution in [-0.4, -0.2) is 65.5 Å². The number of nitrogens with one attached hydrogen (secondary N) is 2. The predicted octanol–water partition coefficient (Wildman–Crippen LogP) is 3.36. The maximum atomic E-state index is 13.3. The van der Waals surface area contributed by atoms with Gasteiger partial charge in [0.1, 0.15) is 5.56 Å². The SMILES string of the molecule is CC(C)Oc1c(C(=O)NC2C3CC4CC(C3)CC2C4)cnn1CCN1CCCNCC1.Cl.Cl. The van der Waals surface area contributed by atoms with Crippen LogP contribution in [0.1, 0.15) is 62.7 Å². The van der Waals surface area contributed by atoms with Gasteiger partial charge in [0.2, 0.25) is 5.88 Å². The Labute approximate surface area is 210 Å². The number of halogens is 2. The van der Waals surface area contributed by atoms with Gasteiger partial charge >= 0.3 is 0 Å². The summed E-state index contributed by atoms with van der Waals surface area (Å²) < 4.78 is 8.01. The molecule has 0 radical (unpaired) electrons. The van der Waals surface area contributed by atoms with E-state index in [1.807, 2.05) is 18.5 Å². The molecule has 0 spiro atoms. The Kier molecular flexibility index (Phi) is 9.35. The number of hydrogen-bond donors (Lipinski definition) is 2. The Bertz CT molecular complexity index is 751. The van der Waals surface area contributed by atoms with E-state index < -0.39 is 0 Å². The molecule has 0 atom stereocenters. The average Bonchev–Trinajstić information content (AvgIpc) is 2.93. The Morgan fingerprint density at radius 1 is 1.09 bits per heavy atom. The molecule has 0 aromatic carbocycles. The molecule has 1 saturated heterocycles. The Balaban J connectivity index is 0.00000153. The molecule has 5 fully saturated rings. The Morgan fingerprint density at radius 3 is 2.45 bits per heavy atom. The van der Waals surface area contributed by atoms with E-state index in [1.165, 1.54) is 38.5 Å². The van der Waals surface area contributed by atoms with Gasteiger partial charge in [-0.05, 0) is 89.1 Å². The van der Waals surface area contributed by atoms with Crippen LogP contribution in [0.25, 0.3) is 0 Å². The second-order valence-electron chi connectivity index (χ2n) is 10.6. The molecule has 1 aromatic heterocycles. The van der Waals surface area contributed by atoms with Crippen molar-refractivity contribution in [2.75, 3.05) is 32.7 Å². The van der Waals surface area contributed by atoms with Crippen molar-refractivity contribution < 1.29 is 9.53 Å². The van der Waals surface area contributed by atoms with E-state index >= 15 is 0 Å². The van der Waals surface area contributed by atoms with Gasteiger partial charge in [-0.15, -0.1) is 24.8 Å². The van der Waals surface area contributed by atoms with E-state index in [1.54, 1.807) is 6.20 Å². The van der Waals surface area contributed by atoms with E-state index in [-0.39, 0.29) is 36.8 Å². The van der Waals surface area contributed by atoms with E-state index in [0.717, 1.165) is 51.1 Å². The number of carbonyl (C=O) groups excluding carboxylic acids is 1. The van der Waals surface area contributed by atoms with Gasteiger partial charge in [0.05, 0.1) is 18.8 Å². The molecule has 4 aliphatic carbocycles. The van der Waals surface area contributed by atoms with Crippen molar-refractivity contribution in [2.45, 2.75) is 71.1 Å². The molecule has 6 rings (SSSR count). The highest BCUT2D eigenvalue weighted by molar-refractivity contribution is 5.96. The molecule has 5 aliphatic rings. The summed E-state index contributed by atoms with van der Waals surface area (Å²) in [4.78, 5) is 15.8. The highest BCUT2D eigenvalue weighted by atomic mass is 35.5. The third-order valence-corrected chi connectivity index (χ3v) is 7.97. The first-order chi connectivity index (χ1) is 15.1. The van der Waals surface area contributed by atoms with Crippen LogP contribution in [0.4, 0.5) is 0 Å². The van der Waals surface area contributed by atoms with Gasteiger partial charge in [-0.25, -0.2) is 4.68 Å². The summed E-state index contributed by atoms with van der Waals surface area (Å²) in [6.45, 7) is 9.98. The quantitative estimate of drug-likeness (QED) is 0.599. The normalized spacial score (nSPS) is 30.9. The molecule has 2 heterocycles. The minimum Gasteiger partial charge on any atom is -0.475 e. The zero-order chi connectivity index (χ0) is 21.4. The van der Waals surface area contributed by atoms with Crippen LogP contribution >= 0.6 is 24.8 Å². The summed E-state index contributed by atoms with van der Waals surface area (Å²) in [6, 6.07) is 0.333. The zero-order valence-corrected chi connectivity index (χ0v) is 21.6. The number of amides is 1. The van der Waals surface area contributed by atoms with Crippen molar-refractivity contribution in [3.63, 3.8) is 0 Å². The predicted molar refractivity (Wildman–Crippen MR) is 135 cm³/mol. The zero-order valence-electron chi connectivity index (χ0n) is 20.0. The Hall–Kier alpha value is -1.02. The number of ether oxygens (including phenoxy) is 1. The number of rotatable bonds is 7. The molecule has 4 bridgehead atoms. The van der Waals surface area contributed by atoms with Crippen molar-refractivity contribution in [3.05, 3.63) is 11.8 Å². The van der Waals surface area contributed by atoms with Crippen LogP contribution < -0.4 is 15.4 Å². The second kappa shape index (κ2) is 11.6. The Morgan fingerprint density at radius 2 is 1.79 bits per heavy atom. The van der Waals surface area contributed by atoms with E-state index in [2.05, 4.69) is 20.6 Å². The molecule has 0 unspecified atom stereocenters. The maximum absolute atomic E-state index is 13.3. The molecule has 188 valence electrons. The van der Waals surface area contributed by atoms with Gasteiger partial charge in [0.15, 0.2) is 0 Å². The van der Waals surface area contributed by atoms with E-state index in [0.29, 0.717) is 29.3 Å². The fraction of sp³-hybridized carbons (Fsp3) is 0.833. The number of nitrogens with zero attached hydrogens (tertiary/aromatic N) is 3. The summed E-state index contributed by atoms with van der Waals surface area (Å²) >= 11 is 0. The van der Waals surface area contributed by atoms with Gasteiger partial charge in [-0.1, -0.05) is 0 Å². The van der Waals surface area contributed by atoms with Gasteiger partial charge in [0.25, 0.3) is 5.91 Å². The largest absolute Gasteiger partial charge is 0.475 e. The fourth-order valence-electron chi connectivity index (χ4n) is 6.79. The van der Waals surface area contributed by atoms with Crippen LogP contribution in [0.2, 0.25) is 0 Å². The standard InChI is InChI=1S/C24H39N5O2.2ClH/c1-16(2)31-24-21(15-26-29(24)9-8-28-6-3-4-25-5-7-28)23(30)27-22-19-11-17-10-18(13-19)14-20(22)12-17;;/h15-20,22,25H,3-14H2,1-2H3,(H,27,30);2*1H. The van der Waals surface area contributed by atoms with Crippen molar-refractivity contribution >= 4 is 30.7 Å². The molecule has 7 nitrogen and oxygen atoms in total. The molecule has 1 amide bonds. The lowest BCUT2D eigenvalue weighted by Crippen LogP contribution is -2.55. The van der Waals surface area contributed by atoms with Crippen LogP contribution in [0.15, 0.2) is 6.20 Å². The van der Waals surface area contributed by atoms with Crippen LogP contribution in [0.3, 0.4) is 0 Å². The van der Waals surface area contributed by atoms with Crippen molar-refractivity contribution in [1.82, 2.24) is 25.3 Å². The molecular formula is C24H41Cl2N5O2. The third-order valence-electron chi connectivity index (χ3n) is 7.97. The first kappa shape index (κ1) is 26.6. The lowest BCUT2D eigenvalue weighted by atomic mass is 9.54. The smallest absolute Gasteiger partial charge is 0.258 e. The highest BCUT2D eigenvalue weighted by Gasteiger charge is 2.48. The van der Waals surface area contributed by atoms with Crippen LogP contribution in [0, 0.1) is 23.7 Å². The van der Waals surface area contributed by atoms with Gasteiger partial charge in [0, 0.05) is 25.7 Å². The summed E-state index contributed by atoms with van der Waals surface area (Å²) in [5.41, 5.74) is 0.597. The maximum Gasteiger partial charge on any atom is 0.258 e. The monoisotopic (exact) mass is 501 g/mol. The van der Waals surface area contributed by atoms with Gasteiger partial charge < -0.3 is 20.3 Å². The van der Waals surface area contributed by atoms with Crippen LogP contribution in [-0.2, 0) is 6.54 Å². The summed E-state index contributed by atoms with van der Waals surface area (Å²) in [6.07, 6.45) is 9.54. The molecule has 33 heavy (non-hydrogen) atoms. The minimum absolute atomic E-state index is 0.